The van der Waals surface area contributed by atoms with Crippen LogP contribution in [0.15, 0.2) is 66.0 Å². The van der Waals surface area contributed by atoms with E-state index in [0.29, 0.717) is 22.8 Å². The molecule has 0 saturated heterocycles. The third kappa shape index (κ3) is 7.52. The highest BCUT2D eigenvalue weighted by Gasteiger charge is 2.26. The van der Waals surface area contributed by atoms with Gasteiger partial charge in [0.1, 0.15) is 17.8 Å². The molecule has 2 aromatic carbocycles. The molecule has 8 nitrogen and oxygen atoms in total. The van der Waals surface area contributed by atoms with Crippen molar-refractivity contribution in [3.05, 3.63) is 72.2 Å². The van der Waals surface area contributed by atoms with Gasteiger partial charge in [-0.05, 0) is 83.0 Å². The van der Waals surface area contributed by atoms with Crippen molar-refractivity contribution in [3.63, 3.8) is 0 Å². The molecule has 2 heterocycles. The quantitative estimate of drug-likeness (QED) is 0.274. The Labute approximate surface area is 232 Å². The number of hydrogen-bond acceptors (Lipinski definition) is 7. The van der Waals surface area contributed by atoms with E-state index in [0.717, 1.165) is 34.0 Å². The number of carbonyl (C=O) groups is 1. The van der Waals surface area contributed by atoms with E-state index in [4.69, 9.17) is 4.74 Å². The highest BCUT2D eigenvalue weighted by molar-refractivity contribution is 7.86. The number of aryl methyl sites for hydroxylation is 1. The summed E-state index contributed by atoms with van der Waals surface area (Å²) in [7, 11) is 0.512. The Hall–Kier alpha value is -3.56. The molecule has 0 bridgehead atoms. The fraction of sp³-hybridized carbons (Fsp3) is 0.367. The number of aliphatic hydroxyl groups excluding tert-OH is 1. The van der Waals surface area contributed by atoms with E-state index < -0.39 is 15.5 Å². The van der Waals surface area contributed by atoms with E-state index in [2.05, 4.69) is 36.2 Å². The highest BCUT2D eigenvalue weighted by atomic mass is 32.2. The SMILES string of the molecule is CNc1cnn(C(C)(C)C)c1.Cc1cc(CC=O)ccc1Oc1ccnc2ccc(S(=O)C(C)(C)CO)cc12. The number of aldehydes is 1. The number of pyridine rings is 1. The third-order valence-corrected chi connectivity index (χ3v) is 7.92. The molecule has 0 aliphatic carbocycles. The van der Waals surface area contributed by atoms with E-state index in [1.165, 1.54) is 0 Å². The van der Waals surface area contributed by atoms with Crippen molar-refractivity contribution >= 4 is 33.7 Å². The van der Waals surface area contributed by atoms with Gasteiger partial charge in [0.05, 0.1) is 45.1 Å². The van der Waals surface area contributed by atoms with E-state index in [1.54, 1.807) is 38.2 Å². The molecule has 0 fully saturated rings. The fourth-order valence-electron chi connectivity index (χ4n) is 3.67. The van der Waals surface area contributed by atoms with Gasteiger partial charge in [0.2, 0.25) is 0 Å². The Morgan fingerprint density at radius 1 is 1.08 bits per heavy atom. The molecule has 0 saturated carbocycles. The zero-order chi connectivity index (χ0) is 28.8. The molecule has 39 heavy (non-hydrogen) atoms. The number of rotatable bonds is 8. The molecule has 0 spiro atoms. The van der Waals surface area contributed by atoms with E-state index in [9.17, 15) is 14.1 Å². The number of aliphatic hydroxyl groups is 1. The Bertz CT molecular complexity index is 1460. The average Bonchev–Trinajstić information content (AvgIpc) is 3.41. The first-order chi connectivity index (χ1) is 18.4. The molecule has 0 amide bonds. The smallest absolute Gasteiger partial charge is 0.138 e. The van der Waals surface area contributed by atoms with Crippen molar-refractivity contribution in [2.45, 2.75) is 63.1 Å². The minimum atomic E-state index is -1.38. The van der Waals surface area contributed by atoms with Crippen LogP contribution < -0.4 is 10.1 Å². The summed E-state index contributed by atoms with van der Waals surface area (Å²) in [5.74, 6) is 1.29. The number of nitrogens with zero attached hydrogens (tertiary/aromatic N) is 3. The van der Waals surface area contributed by atoms with Gasteiger partial charge in [-0.1, -0.05) is 12.1 Å². The van der Waals surface area contributed by atoms with Crippen LogP contribution >= 0.6 is 0 Å². The second-order valence-corrected chi connectivity index (χ2v) is 13.0. The predicted molar refractivity (Wildman–Crippen MR) is 157 cm³/mol. The largest absolute Gasteiger partial charge is 0.456 e. The number of benzene rings is 2. The lowest BCUT2D eigenvalue weighted by molar-refractivity contribution is -0.107. The van der Waals surface area contributed by atoms with Gasteiger partial charge in [0, 0.05) is 36.1 Å². The highest BCUT2D eigenvalue weighted by Crippen LogP contribution is 2.33. The molecule has 208 valence electrons. The van der Waals surface area contributed by atoms with Crippen molar-refractivity contribution in [1.82, 2.24) is 14.8 Å². The van der Waals surface area contributed by atoms with E-state index in [-0.39, 0.29) is 12.1 Å². The lowest BCUT2D eigenvalue weighted by atomic mass is 10.1. The Morgan fingerprint density at radius 2 is 1.82 bits per heavy atom. The third-order valence-electron chi connectivity index (χ3n) is 6.11. The van der Waals surface area contributed by atoms with Gasteiger partial charge in [-0.2, -0.15) is 5.10 Å². The van der Waals surface area contributed by atoms with Crippen LogP contribution in [-0.2, 0) is 27.6 Å². The Kier molecular flexibility index (Phi) is 9.63. The Balaban J connectivity index is 0.000000320. The minimum Gasteiger partial charge on any atom is -0.456 e. The van der Waals surface area contributed by atoms with Crippen LogP contribution in [0.2, 0.25) is 0 Å². The molecule has 2 N–H and O–H groups in total. The van der Waals surface area contributed by atoms with Crippen LogP contribution in [0.1, 0.15) is 45.7 Å². The second-order valence-electron chi connectivity index (χ2n) is 10.8. The van der Waals surface area contributed by atoms with Crippen LogP contribution in [0.25, 0.3) is 10.9 Å². The van der Waals surface area contributed by atoms with E-state index >= 15 is 0 Å². The van der Waals surface area contributed by atoms with Crippen LogP contribution in [0.4, 0.5) is 5.69 Å². The van der Waals surface area contributed by atoms with Crippen LogP contribution in [0, 0.1) is 6.92 Å². The van der Waals surface area contributed by atoms with Gasteiger partial charge in [0.25, 0.3) is 0 Å². The summed E-state index contributed by atoms with van der Waals surface area (Å²) in [6, 6.07) is 12.8. The molecular formula is C30H38N4O4S. The van der Waals surface area contributed by atoms with Gasteiger partial charge >= 0.3 is 0 Å². The van der Waals surface area contributed by atoms with Gasteiger partial charge in [0.15, 0.2) is 0 Å². The zero-order valence-electron chi connectivity index (χ0n) is 23.7. The summed E-state index contributed by atoms with van der Waals surface area (Å²) in [6.07, 6.45) is 6.74. The zero-order valence-corrected chi connectivity index (χ0v) is 24.5. The summed E-state index contributed by atoms with van der Waals surface area (Å²) in [5.41, 5.74) is 3.72. The maximum atomic E-state index is 12.8. The van der Waals surface area contributed by atoms with Gasteiger partial charge in [-0.15, -0.1) is 0 Å². The summed E-state index contributed by atoms with van der Waals surface area (Å²) in [5, 5.41) is 17.5. The number of hydrogen-bond donors (Lipinski definition) is 2. The number of ether oxygens (including phenoxy) is 1. The number of fused-ring (bicyclic) bond motifs is 1. The molecule has 1 atom stereocenters. The molecule has 1 unspecified atom stereocenters. The molecule has 9 heteroatoms. The molecule has 4 rings (SSSR count). The van der Waals surface area contributed by atoms with Crippen LogP contribution in [0.3, 0.4) is 0 Å². The van der Waals surface area contributed by atoms with Crippen molar-refractivity contribution in [3.8, 4) is 11.5 Å². The first kappa shape index (κ1) is 30.0. The molecule has 0 aliphatic heterocycles. The summed E-state index contributed by atoms with van der Waals surface area (Å²) >= 11 is 0. The lowest BCUT2D eigenvalue weighted by Gasteiger charge is -2.21. The van der Waals surface area contributed by atoms with Crippen LogP contribution in [0.5, 0.6) is 11.5 Å². The standard InChI is InChI=1S/C22H23NO4S.C8H15N3/c1-15-12-16(9-11-24)4-7-20(15)27-21-8-10-23-19-6-5-17(13-18(19)21)28(26)22(2,3)14-25;1-8(2,3)11-6-7(9-4)5-10-11/h4-8,10-13,25H,9,14H2,1-3H3;5-6,9H,1-4H3. The van der Waals surface area contributed by atoms with Crippen molar-refractivity contribution in [1.29, 1.82) is 0 Å². The second kappa shape index (κ2) is 12.5. The number of carbonyl (C=O) groups excluding carboxylic acids is 1. The Morgan fingerprint density at radius 3 is 2.38 bits per heavy atom. The van der Waals surface area contributed by atoms with Crippen LogP contribution in [-0.4, -0.2) is 48.8 Å². The molecule has 4 aromatic rings. The predicted octanol–water partition coefficient (Wildman–Crippen LogP) is 5.64. The number of nitrogens with one attached hydrogen (secondary N) is 1. The fourth-order valence-corrected chi connectivity index (χ4v) is 4.84. The lowest BCUT2D eigenvalue weighted by Crippen LogP contribution is -2.30. The minimum absolute atomic E-state index is 0.0785. The molecule has 0 aliphatic rings. The van der Waals surface area contributed by atoms with Crippen molar-refractivity contribution in [2.24, 2.45) is 0 Å². The monoisotopic (exact) mass is 550 g/mol. The molecule has 0 radical (unpaired) electrons. The van der Waals surface area contributed by atoms with Gasteiger partial charge < -0.3 is 20.0 Å². The van der Waals surface area contributed by atoms with E-state index in [1.807, 2.05) is 55.3 Å². The first-order valence-corrected chi connectivity index (χ1v) is 13.9. The first-order valence-electron chi connectivity index (χ1n) is 12.7. The van der Waals surface area contributed by atoms with Gasteiger partial charge in [-0.3, -0.25) is 13.9 Å². The van der Waals surface area contributed by atoms with Gasteiger partial charge in [-0.25, -0.2) is 0 Å². The normalized spacial score (nSPS) is 12.4. The van der Waals surface area contributed by atoms with Crippen molar-refractivity contribution in [2.75, 3.05) is 19.0 Å². The molecular weight excluding hydrogens is 512 g/mol. The summed E-state index contributed by atoms with van der Waals surface area (Å²) < 4.78 is 20.1. The topological polar surface area (TPSA) is 106 Å². The molecule has 2 aromatic heterocycles. The maximum Gasteiger partial charge on any atom is 0.138 e. The summed E-state index contributed by atoms with van der Waals surface area (Å²) in [4.78, 5) is 15.7. The summed E-state index contributed by atoms with van der Waals surface area (Å²) in [6.45, 7) is 11.6. The number of anilines is 1. The maximum absolute atomic E-state index is 12.8. The number of aromatic nitrogens is 3. The van der Waals surface area contributed by atoms with Crippen molar-refractivity contribution < 1.29 is 18.8 Å². The average molecular weight is 551 g/mol.